The summed E-state index contributed by atoms with van der Waals surface area (Å²) >= 11 is 0. The molecule has 0 spiro atoms. The summed E-state index contributed by atoms with van der Waals surface area (Å²) in [5, 5.41) is 0. The Hall–Kier alpha value is -1.83. The molecular weight excluding hydrogens is 234 g/mol. The first-order valence-electron chi connectivity index (χ1n) is 7.05. The second kappa shape index (κ2) is 7.57. The van der Waals surface area contributed by atoms with Crippen LogP contribution in [-0.2, 0) is 0 Å². The largest absolute Gasteiger partial charge is 0.491 e. The van der Waals surface area contributed by atoms with Crippen molar-refractivity contribution in [1.29, 1.82) is 0 Å². The zero-order valence-electron chi connectivity index (χ0n) is 11.5. The van der Waals surface area contributed by atoms with Gasteiger partial charge in [0.25, 0.3) is 0 Å². The van der Waals surface area contributed by atoms with Gasteiger partial charge < -0.3 is 4.74 Å². The van der Waals surface area contributed by atoms with Crippen LogP contribution in [0.5, 0.6) is 5.75 Å². The minimum atomic E-state index is 0.769. The van der Waals surface area contributed by atoms with Crippen LogP contribution in [0, 0.1) is 0 Å². The van der Waals surface area contributed by atoms with E-state index >= 15 is 0 Å². The maximum absolute atomic E-state index is 5.88. The van der Waals surface area contributed by atoms with Crippen molar-refractivity contribution in [3.63, 3.8) is 0 Å². The van der Waals surface area contributed by atoms with E-state index in [2.05, 4.69) is 24.0 Å². The predicted octanol–water partition coefficient (Wildman–Crippen LogP) is 4.71. The summed E-state index contributed by atoms with van der Waals surface area (Å²) < 4.78 is 5.88. The van der Waals surface area contributed by atoms with Crippen molar-refractivity contribution in [1.82, 2.24) is 4.98 Å². The minimum Gasteiger partial charge on any atom is -0.491 e. The number of benzene rings is 1. The van der Waals surface area contributed by atoms with Gasteiger partial charge in [0.1, 0.15) is 11.4 Å². The minimum absolute atomic E-state index is 0.769. The number of rotatable bonds is 7. The van der Waals surface area contributed by atoms with Gasteiger partial charge in [0, 0.05) is 11.8 Å². The van der Waals surface area contributed by atoms with Crippen LogP contribution < -0.4 is 4.74 Å². The zero-order valence-corrected chi connectivity index (χ0v) is 11.5. The van der Waals surface area contributed by atoms with Gasteiger partial charge in [-0.3, -0.25) is 4.98 Å². The molecule has 0 saturated heterocycles. The molecule has 1 aromatic carbocycles. The molecule has 2 heteroatoms. The van der Waals surface area contributed by atoms with Crippen LogP contribution in [0.15, 0.2) is 48.7 Å². The fraction of sp³-hybridized carbons (Fsp3) is 0.353. The van der Waals surface area contributed by atoms with E-state index in [4.69, 9.17) is 4.74 Å². The first kappa shape index (κ1) is 13.6. The van der Waals surface area contributed by atoms with Crippen molar-refractivity contribution in [2.75, 3.05) is 6.61 Å². The van der Waals surface area contributed by atoms with Crippen molar-refractivity contribution in [3.8, 4) is 17.0 Å². The maximum Gasteiger partial charge on any atom is 0.145 e. The fourth-order valence-electron chi connectivity index (χ4n) is 2.03. The highest BCUT2D eigenvalue weighted by Gasteiger charge is 2.06. The van der Waals surface area contributed by atoms with Gasteiger partial charge in [0.05, 0.1) is 6.61 Å². The third-order valence-corrected chi connectivity index (χ3v) is 3.07. The quantitative estimate of drug-likeness (QED) is 0.668. The Balaban J connectivity index is 2.01. The number of hydrogen-bond acceptors (Lipinski definition) is 2. The van der Waals surface area contributed by atoms with Crippen LogP contribution in [0.1, 0.15) is 32.6 Å². The number of hydrogen-bond donors (Lipinski definition) is 0. The molecule has 1 heterocycles. The first-order chi connectivity index (χ1) is 9.42. The summed E-state index contributed by atoms with van der Waals surface area (Å²) in [6.07, 6.45) is 6.69. The first-order valence-corrected chi connectivity index (χ1v) is 7.05. The van der Waals surface area contributed by atoms with Crippen molar-refractivity contribution in [2.45, 2.75) is 32.6 Å². The molecular formula is C17H21NO. The Bertz CT molecular complexity index is 482. The Morgan fingerprint density at radius 1 is 0.947 bits per heavy atom. The fourth-order valence-corrected chi connectivity index (χ4v) is 2.03. The van der Waals surface area contributed by atoms with E-state index < -0.39 is 0 Å². The highest BCUT2D eigenvalue weighted by atomic mass is 16.5. The summed E-state index contributed by atoms with van der Waals surface area (Å²) in [6, 6.07) is 14.1. The molecule has 0 amide bonds. The molecule has 0 unspecified atom stereocenters. The molecule has 0 radical (unpaired) electrons. The lowest BCUT2D eigenvalue weighted by molar-refractivity contribution is 0.305. The Kier molecular flexibility index (Phi) is 5.42. The molecule has 0 fully saturated rings. The topological polar surface area (TPSA) is 22.1 Å². The van der Waals surface area contributed by atoms with Gasteiger partial charge in [-0.25, -0.2) is 0 Å². The monoisotopic (exact) mass is 255 g/mol. The molecule has 100 valence electrons. The zero-order chi connectivity index (χ0) is 13.3. The molecule has 0 atom stereocenters. The van der Waals surface area contributed by atoms with Gasteiger partial charge in [0.2, 0.25) is 0 Å². The van der Waals surface area contributed by atoms with Crippen LogP contribution in [0.3, 0.4) is 0 Å². The van der Waals surface area contributed by atoms with Crippen molar-refractivity contribution in [2.24, 2.45) is 0 Å². The summed E-state index contributed by atoms with van der Waals surface area (Å²) in [5.74, 6) is 0.880. The highest BCUT2D eigenvalue weighted by molar-refractivity contribution is 5.65. The van der Waals surface area contributed by atoms with E-state index in [1.807, 2.05) is 36.5 Å². The lowest BCUT2D eigenvalue weighted by atomic mass is 10.1. The summed E-state index contributed by atoms with van der Waals surface area (Å²) in [5.41, 5.74) is 2.03. The molecule has 0 saturated carbocycles. The molecule has 0 aliphatic rings. The average Bonchev–Trinajstić information content (AvgIpc) is 2.48. The van der Waals surface area contributed by atoms with E-state index in [0.29, 0.717) is 0 Å². The average molecular weight is 255 g/mol. The van der Waals surface area contributed by atoms with Crippen molar-refractivity contribution >= 4 is 0 Å². The summed E-state index contributed by atoms with van der Waals surface area (Å²) in [4.78, 5) is 4.44. The third-order valence-electron chi connectivity index (χ3n) is 3.07. The number of unbranched alkanes of at least 4 members (excludes halogenated alkanes) is 3. The molecule has 2 rings (SSSR count). The smallest absolute Gasteiger partial charge is 0.145 e. The third kappa shape index (κ3) is 4.09. The summed E-state index contributed by atoms with van der Waals surface area (Å²) in [7, 11) is 0. The molecule has 2 nitrogen and oxygen atoms in total. The highest BCUT2D eigenvalue weighted by Crippen LogP contribution is 2.27. The van der Waals surface area contributed by atoms with E-state index in [0.717, 1.165) is 30.0 Å². The second-order valence-corrected chi connectivity index (χ2v) is 4.63. The molecule has 1 aromatic heterocycles. The van der Waals surface area contributed by atoms with E-state index in [1.54, 1.807) is 0 Å². The number of nitrogens with zero attached hydrogens (tertiary/aromatic N) is 1. The van der Waals surface area contributed by atoms with Crippen molar-refractivity contribution < 1.29 is 4.74 Å². The second-order valence-electron chi connectivity index (χ2n) is 4.63. The van der Waals surface area contributed by atoms with Gasteiger partial charge in [-0.2, -0.15) is 0 Å². The van der Waals surface area contributed by atoms with Gasteiger partial charge in [-0.1, -0.05) is 56.5 Å². The van der Waals surface area contributed by atoms with Gasteiger partial charge in [-0.15, -0.1) is 0 Å². The van der Waals surface area contributed by atoms with E-state index in [1.165, 1.54) is 19.3 Å². The molecule has 0 N–H and O–H groups in total. The van der Waals surface area contributed by atoms with Crippen LogP contribution in [-0.4, -0.2) is 11.6 Å². The normalized spacial score (nSPS) is 10.4. The van der Waals surface area contributed by atoms with Gasteiger partial charge in [-0.05, 0) is 18.6 Å². The Labute approximate surface area is 115 Å². The van der Waals surface area contributed by atoms with E-state index in [9.17, 15) is 0 Å². The Morgan fingerprint density at radius 3 is 2.58 bits per heavy atom. The summed E-state index contributed by atoms with van der Waals surface area (Å²) in [6.45, 7) is 2.99. The molecule has 0 bridgehead atoms. The van der Waals surface area contributed by atoms with E-state index in [-0.39, 0.29) is 0 Å². The SMILES string of the molecule is CCCCCCOc1cccnc1-c1ccccc1. The van der Waals surface area contributed by atoms with Crippen molar-refractivity contribution in [3.05, 3.63) is 48.7 Å². The maximum atomic E-state index is 5.88. The van der Waals surface area contributed by atoms with Gasteiger partial charge >= 0.3 is 0 Å². The predicted molar refractivity (Wildman–Crippen MR) is 79.3 cm³/mol. The number of aromatic nitrogens is 1. The lowest BCUT2D eigenvalue weighted by Gasteiger charge is -2.10. The molecule has 2 aromatic rings. The Morgan fingerprint density at radius 2 is 1.79 bits per heavy atom. The van der Waals surface area contributed by atoms with Crippen LogP contribution in [0.2, 0.25) is 0 Å². The van der Waals surface area contributed by atoms with Crippen LogP contribution in [0.4, 0.5) is 0 Å². The molecule has 19 heavy (non-hydrogen) atoms. The lowest BCUT2D eigenvalue weighted by Crippen LogP contribution is -1.99. The van der Waals surface area contributed by atoms with Crippen LogP contribution in [0.25, 0.3) is 11.3 Å². The van der Waals surface area contributed by atoms with Gasteiger partial charge in [0.15, 0.2) is 0 Å². The molecule has 0 aliphatic carbocycles. The molecule has 0 aliphatic heterocycles. The van der Waals surface area contributed by atoms with Crippen LogP contribution >= 0.6 is 0 Å². The number of ether oxygens (including phenoxy) is 1. The number of pyridine rings is 1. The standard InChI is InChI=1S/C17H21NO/c1-2-3-4-8-14-19-16-12-9-13-18-17(16)15-10-6-5-7-11-15/h5-7,9-13H,2-4,8,14H2,1H3.